The van der Waals surface area contributed by atoms with Crippen LogP contribution >= 0.6 is 15.6 Å². The van der Waals surface area contributed by atoms with Crippen molar-refractivity contribution < 1.29 is 80.2 Å². The van der Waals surface area contributed by atoms with Gasteiger partial charge in [0.1, 0.15) is 19.3 Å². The third-order valence-electron chi connectivity index (χ3n) is 17.7. The van der Waals surface area contributed by atoms with Crippen molar-refractivity contribution in [2.24, 2.45) is 11.8 Å². The molecule has 0 aromatic rings. The maximum Gasteiger partial charge on any atom is 0.472 e. The highest BCUT2D eigenvalue weighted by Gasteiger charge is 2.30. The topological polar surface area (TPSA) is 237 Å². The predicted octanol–water partition coefficient (Wildman–Crippen LogP) is 22.3. The minimum atomic E-state index is -4.96. The Balaban J connectivity index is 5.24. The van der Waals surface area contributed by atoms with Crippen LogP contribution in [0.15, 0.2) is 0 Å². The van der Waals surface area contributed by atoms with Crippen molar-refractivity contribution in [3.63, 3.8) is 0 Å². The first-order valence-electron chi connectivity index (χ1n) is 39.5. The van der Waals surface area contributed by atoms with Crippen LogP contribution in [0.3, 0.4) is 0 Å². The van der Waals surface area contributed by atoms with Crippen molar-refractivity contribution >= 4 is 39.5 Å². The lowest BCUT2D eigenvalue weighted by atomic mass is 10.0. The normalized spacial score (nSPS) is 14.0. The largest absolute Gasteiger partial charge is 0.472 e. The van der Waals surface area contributed by atoms with Gasteiger partial charge >= 0.3 is 39.5 Å². The molecule has 0 fully saturated rings. The van der Waals surface area contributed by atoms with E-state index in [9.17, 15) is 43.2 Å². The van der Waals surface area contributed by atoms with Crippen LogP contribution in [0.4, 0.5) is 0 Å². The number of ether oxygens (including phenoxy) is 4. The zero-order valence-corrected chi connectivity index (χ0v) is 63.8. The molecule has 2 unspecified atom stereocenters. The zero-order valence-electron chi connectivity index (χ0n) is 62.0. The first-order valence-corrected chi connectivity index (χ1v) is 42.5. The highest BCUT2D eigenvalue weighted by molar-refractivity contribution is 7.47. The minimum absolute atomic E-state index is 0.106. The molecule has 3 N–H and O–H groups in total. The van der Waals surface area contributed by atoms with Crippen LogP contribution in [-0.4, -0.2) is 96.7 Å². The van der Waals surface area contributed by atoms with E-state index >= 15 is 0 Å². The van der Waals surface area contributed by atoms with Gasteiger partial charge < -0.3 is 33.8 Å². The Morgan fingerprint density at radius 1 is 0.284 bits per heavy atom. The molecule has 0 saturated carbocycles. The molecular weight excluding hydrogens is 1250 g/mol. The van der Waals surface area contributed by atoms with Gasteiger partial charge in [0.2, 0.25) is 0 Å². The molecule has 0 spiro atoms. The molecule has 0 aliphatic rings. The average molecular weight is 1400 g/mol. The van der Waals surface area contributed by atoms with E-state index in [4.69, 9.17) is 37.0 Å². The van der Waals surface area contributed by atoms with Crippen molar-refractivity contribution in [2.75, 3.05) is 39.6 Å². The number of rotatable bonds is 75. The van der Waals surface area contributed by atoms with Gasteiger partial charge in [-0.3, -0.25) is 37.3 Å². The Bertz CT molecular complexity index is 1840. The lowest BCUT2D eigenvalue weighted by Gasteiger charge is -2.21. The summed E-state index contributed by atoms with van der Waals surface area (Å²) in [5, 5.41) is 10.6. The Kier molecular flexibility index (Phi) is 66.5. The molecule has 0 aliphatic carbocycles. The molecule has 0 amide bonds. The van der Waals surface area contributed by atoms with Gasteiger partial charge in [0.15, 0.2) is 12.2 Å². The van der Waals surface area contributed by atoms with E-state index in [1.165, 1.54) is 212 Å². The molecular formula is C76H148O17P2. The van der Waals surface area contributed by atoms with Gasteiger partial charge in [-0.25, -0.2) is 9.13 Å². The Hall–Kier alpha value is -1.94. The molecule has 564 valence electrons. The molecule has 0 radical (unpaired) electrons. The second-order valence-corrected chi connectivity index (χ2v) is 31.3. The third kappa shape index (κ3) is 70.3. The van der Waals surface area contributed by atoms with E-state index < -0.39 is 97.5 Å². The molecule has 0 heterocycles. The van der Waals surface area contributed by atoms with Crippen molar-refractivity contribution in [3.05, 3.63) is 0 Å². The van der Waals surface area contributed by atoms with Gasteiger partial charge in [0, 0.05) is 25.7 Å². The number of phosphoric acid groups is 2. The Morgan fingerprint density at radius 3 is 0.716 bits per heavy atom. The molecule has 0 aromatic carbocycles. The van der Waals surface area contributed by atoms with E-state index in [0.717, 1.165) is 102 Å². The Morgan fingerprint density at radius 2 is 0.484 bits per heavy atom. The van der Waals surface area contributed by atoms with Crippen LogP contribution < -0.4 is 0 Å². The van der Waals surface area contributed by atoms with Gasteiger partial charge in [-0.05, 0) is 37.5 Å². The minimum Gasteiger partial charge on any atom is -0.462 e. The smallest absolute Gasteiger partial charge is 0.462 e. The van der Waals surface area contributed by atoms with Gasteiger partial charge in [0.25, 0.3) is 0 Å². The number of aliphatic hydroxyl groups excluding tert-OH is 1. The fourth-order valence-corrected chi connectivity index (χ4v) is 13.2. The molecule has 0 bridgehead atoms. The number of esters is 4. The van der Waals surface area contributed by atoms with Crippen molar-refractivity contribution in [2.45, 2.75) is 413 Å². The summed E-state index contributed by atoms with van der Waals surface area (Å²) in [6, 6.07) is 0. The highest BCUT2D eigenvalue weighted by Crippen LogP contribution is 2.45. The van der Waals surface area contributed by atoms with Crippen LogP contribution in [0.1, 0.15) is 395 Å². The summed E-state index contributed by atoms with van der Waals surface area (Å²) in [5.41, 5.74) is 0. The number of carbonyl (C=O) groups is 4. The van der Waals surface area contributed by atoms with E-state index in [-0.39, 0.29) is 25.7 Å². The van der Waals surface area contributed by atoms with E-state index in [2.05, 4.69) is 41.5 Å². The summed E-state index contributed by atoms with van der Waals surface area (Å²) >= 11 is 0. The summed E-state index contributed by atoms with van der Waals surface area (Å²) < 4.78 is 68.5. The third-order valence-corrected chi connectivity index (χ3v) is 19.6. The highest BCUT2D eigenvalue weighted by atomic mass is 31.2. The van der Waals surface area contributed by atoms with Gasteiger partial charge in [-0.15, -0.1) is 0 Å². The second-order valence-electron chi connectivity index (χ2n) is 28.3. The maximum atomic E-state index is 13.1. The summed E-state index contributed by atoms with van der Waals surface area (Å²) in [6.45, 7) is 9.59. The standard InChI is InChI=1S/C76H148O17P2/c1-7-9-11-13-15-17-19-20-21-22-23-24-25-28-36-42-48-54-60-75(80)92-72(65-87-74(79)59-53-47-41-35-29-26-27-32-38-44-50-56-68(3)4)67-91-95(84,85)89-63-70(77)62-88-94(82,83)90-66-71(64-86-73(78)58-52-46-40-34-18-16-14-12-10-8-2)93-76(81)61-55-49-43-37-31-30-33-39-45-51-57-69(5)6/h68-72,77H,7-67H2,1-6H3,(H,82,83)(H,84,85)/t70-,71+,72+/m0/s1. The molecule has 17 nitrogen and oxygen atoms in total. The quantitative estimate of drug-likeness (QED) is 0.0222. The zero-order chi connectivity index (χ0) is 70.0. The number of unbranched alkanes of at least 4 members (excludes halogenated alkanes) is 45. The molecule has 5 atom stereocenters. The SMILES string of the molecule is CCCCCCCCCCCCCCCCCCCCC(=O)O[C@H](COC(=O)CCCCCCCCCCCCCC(C)C)COP(=O)(O)OC[C@@H](O)COP(=O)(O)OC[C@@H](COC(=O)CCCCCCCCCCCC)OC(=O)CCCCCCCCCCCCC(C)C. The maximum absolute atomic E-state index is 13.1. The monoisotopic (exact) mass is 1400 g/mol. The number of hydrogen-bond donors (Lipinski definition) is 3. The summed E-state index contributed by atoms with van der Waals surface area (Å²) in [7, 11) is -9.91. The summed E-state index contributed by atoms with van der Waals surface area (Å²) in [6.07, 6.45) is 55.4. The van der Waals surface area contributed by atoms with Crippen LogP contribution in [0.25, 0.3) is 0 Å². The van der Waals surface area contributed by atoms with Crippen LogP contribution in [0.5, 0.6) is 0 Å². The lowest BCUT2D eigenvalue weighted by molar-refractivity contribution is -0.161. The van der Waals surface area contributed by atoms with Crippen molar-refractivity contribution in [3.8, 4) is 0 Å². The van der Waals surface area contributed by atoms with E-state index in [1.54, 1.807) is 0 Å². The summed E-state index contributed by atoms with van der Waals surface area (Å²) in [5.74, 6) is -0.592. The van der Waals surface area contributed by atoms with Gasteiger partial charge in [0.05, 0.1) is 26.4 Å². The fraction of sp³-hybridized carbons (Fsp3) is 0.947. The first kappa shape index (κ1) is 93.1. The van der Waals surface area contributed by atoms with Gasteiger partial charge in [-0.2, -0.15) is 0 Å². The van der Waals surface area contributed by atoms with Crippen LogP contribution in [0.2, 0.25) is 0 Å². The van der Waals surface area contributed by atoms with E-state index in [0.29, 0.717) is 25.7 Å². The fourth-order valence-electron chi connectivity index (χ4n) is 11.7. The number of hydrogen-bond acceptors (Lipinski definition) is 15. The first-order chi connectivity index (χ1) is 45.9. The molecule has 0 saturated heterocycles. The number of aliphatic hydroxyl groups is 1. The van der Waals surface area contributed by atoms with Crippen LogP contribution in [0, 0.1) is 11.8 Å². The number of carbonyl (C=O) groups excluding carboxylic acids is 4. The molecule has 0 aliphatic heterocycles. The molecule has 19 heteroatoms. The van der Waals surface area contributed by atoms with E-state index in [1.807, 2.05) is 0 Å². The van der Waals surface area contributed by atoms with Crippen LogP contribution in [-0.2, 0) is 65.4 Å². The lowest BCUT2D eigenvalue weighted by Crippen LogP contribution is -2.30. The summed E-state index contributed by atoms with van der Waals surface area (Å²) in [4.78, 5) is 72.8. The molecule has 0 aromatic heterocycles. The predicted molar refractivity (Wildman–Crippen MR) is 386 cm³/mol. The Labute approximate surface area is 581 Å². The molecule has 0 rings (SSSR count). The second kappa shape index (κ2) is 67.9. The van der Waals surface area contributed by atoms with Crippen molar-refractivity contribution in [1.82, 2.24) is 0 Å². The van der Waals surface area contributed by atoms with Crippen molar-refractivity contribution in [1.29, 1.82) is 0 Å². The number of phosphoric ester groups is 2. The average Bonchev–Trinajstić information content (AvgIpc) is 3.50. The van der Waals surface area contributed by atoms with Gasteiger partial charge in [-0.1, -0.05) is 343 Å². The molecule has 95 heavy (non-hydrogen) atoms.